The molecule has 0 spiro atoms. The van der Waals surface area contributed by atoms with E-state index >= 15 is 0 Å². The summed E-state index contributed by atoms with van der Waals surface area (Å²) in [5.74, 6) is 0.0688. The summed E-state index contributed by atoms with van der Waals surface area (Å²) in [5, 5.41) is 20.8. The molecular formula is C28H40O5. The zero-order valence-electron chi connectivity index (χ0n) is 20.6. The minimum atomic E-state index is -0.766. The van der Waals surface area contributed by atoms with E-state index in [2.05, 4.69) is 19.9 Å². The molecule has 5 heteroatoms. The van der Waals surface area contributed by atoms with Gasteiger partial charge in [-0.2, -0.15) is 0 Å². The Morgan fingerprint density at radius 3 is 2.76 bits per heavy atom. The summed E-state index contributed by atoms with van der Waals surface area (Å²) in [6, 6.07) is 0. The maximum absolute atomic E-state index is 11.3. The maximum atomic E-state index is 11.3. The molecule has 1 saturated heterocycles. The van der Waals surface area contributed by atoms with Gasteiger partial charge in [-0.3, -0.25) is 0 Å². The maximum Gasteiger partial charge on any atom is 0.331 e. The largest absolute Gasteiger partial charge is 0.455 e. The van der Waals surface area contributed by atoms with Crippen LogP contribution in [0.2, 0.25) is 0 Å². The Hall–Kier alpha value is -2.21. The number of carbonyl (C=O) groups is 1. The number of ether oxygens (including phenoxy) is 2. The molecule has 2 aliphatic heterocycles. The van der Waals surface area contributed by atoms with Crippen LogP contribution < -0.4 is 0 Å². The molecule has 33 heavy (non-hydrogen) atoms. The predicted octanol–water partition coefficient (Wildman–Crippen LogP) is 4.98. The summed E-state index contributed by atoms with van der Waals surface area (Å²) in [4.78, 5) is 11.3. The third kappa shape index (κ3) is 9.28. The quantitative estimate of drug-likeness (QED) is 0.291. The molecule has 5 nitrogen and oxygen atoms in total. The first kappa shape index (κ1) is 27.0. The average Bonchev–Trinajstić information content (AvgIpc) is 2.75. The normalized spacial score (nSPS) is 31.5. The molecule has 2 heterocycles. The predicted molar refractivity (Wildman–Crippen MR) is 132 cm³/mol. The molecule has 0 aromatic heterocycles. The molecule has 0 aromatic carbocycles. The summed E-state index contributed by atoms with van der Waals surface area (Å²) in [5.41, 5.74) is 2.33. The van der Waals surface area contributed by atoms with Gasteiger partial charge in [-0.15, -0.1) is 0 Å². The molecule has 182 valence electrons. The van der Waals surface area contributed by atoms with Crippen LogP contribution in [0.25, 0.3) is 0 Å². The van der Waals surface area contributed by atoms with E-state index in [-0.39, 0.29) is 24.1 Å². The molecule has 7 atom stereocenters. The first-order valence-corrected chi connectivity index (χ1v) is 11.9. The molecule has 2 rings (SSSR count). The second-order valence-electron chi connectivity index (χ2n) is 9.28. The Kier molecular flexibility index (Phi) is 11.0. The van der Waals surface area contributed by atoms with E-state index in [9.17, 15) is 15.0 Å². The van der Waals surface area contributed by atoms with Crippen molar-refractivity contribution in [2.75, 3.05) is 0 Å². The van der Waals surface area contributed by atoms with Gasteiger partial charge in [-0.25, -0.2) is 4.79 Å². The number of hydrogen-bond acceptors (Lipinski definition) is 5. The fraction of sp³-hybridized carbons (Fsp3) is 0.536. The highest BCUT2D eigenvalue weighted by Gasteiger charge is 2.35. The summed E-state index contributed by atoms with van der Waals surface area (Å²) in [6.07, 6.45) is 18.9. The van der Waals surface area contributed by atoms with Gasteiger partial charge in [-0.05, 0) is 39.2 Å². The minimum Gasteiger partial charge on any atom is -0.455 e. The summed E-state index contributed by atoms with van der Waals surface area (Å²) in [6.45, 7) is 10.2. The summed E-state index contributed by atoms with van der Waals surface area (Å²) >= 11 is 0. The molecule has 1 fully saturated rings. The Labute approximate surface area is 198 Å². The molecular weight excluding hydrogens is 416 g/mol. The summed E-state index contributed by atoms with van der Waals surface area (Å²) < 4.78 is 11.2. The van der Waals surface area contributed by atoms with Crippen molar-refractivity contribution < 1.29 is 24.5 Å². The van der Waals surface area contributed by atoms with Crippen molar-refractivity contribution in [3.63, 3.8) is 0 Å². The lowest BCUT2D eigenvalue weighted by Gasteiger charge is -2.38. The molecule has 0 bridgehead atoms. The Balaban J connectivity index is 1.85. The van der Waals surface area contributed by atoms with Gasteiger partial charge in [0, 0.05) is 24.8 Å². The van der Waals surface area contributed by atoms with Crippen molar-refractivity contribution in [1.82, 2.24) is 0 Å². The van der Waals surface area contributed by atoms with Crippen LogP contribution in [0.3, 0.4) is 0 Å². The van der Waals surface area contributed by atoms with Gasteiger partial charge in [0.1, 0.15) is 6.10 Å². The first-order chi connectivity index (χ1) is 15.7. The van der Waals surface area contributed by atoms with Gasteiger partial charge < -0.3 is 19.7 Å². The van der Waals surface area contributed by atoms with E-state index in [4.69, 9.17) is 9.47 Å². The van der Waals surface area contributed by atoms with E-state index in [1.54, 1.807) is 6.08 Å². The lowest BCUT2D eigenvalue weighted by atomic mass is 9.88. The molecule has 0 aromatic rings. The molecule has 0 unspecified atom stereocenters. The SMILES string of the molecule is CC=C[C@@H]1O[C@H]([C@H](O)C=CC=C(C)C[C@@H](C)C=C(C)C=C[C@H]2CC=CC(=O)O2)C[C@@H](O)[C@@H]1C. The number of rotatable bonds is 9. The second kappa shape index (κ2) is 13.5. The van der Waals surface area contributed by atoms with E-state index in [0.29, 0.717) is 18.8 Å². The number of hydrogen-bond donors (Lipinski definition) is 2. The van der Waals surface area contributed by atoms with Gasteiger partial charge in [-0.1, -0.05) is 73.6 Å². The lowest BCUT2D eigenvalue weighted by molar-refractivity contribution is -0.141. The Morgan fingerprint density at radius 2 is 2.06 bits per heavy atom. The number of cyclic esters (lactones) is 1. The van der Waals surface area contributed by atoms with Crippen molar-refractivity contribution in [3.8, 4) is 0 Å². The zero-order chi connectivity index (χ0) is 24.4. The standard InChI is InChI=1S/C28H40O5/c1-6-9-26-22(5)25(30)18-27(33-26)24(29)12-7-10-19(2)16-21(4)17-20(3)14-15-23-11-8-13-28(31)32-23/h6-10,12-15,17,21-27,29-30H,11,16,18H2,1-5H3/t21-,22+,23-,24-,25-,26+,27+/m1/s1. The van der Waals surface area contributed by atoms with Crippen LogP contribution in [0, 0.1) is 11.8 Å². The number of aliphatic hydroxyl groups is 2. The van der Waals surface area contributed by atoms with Crippen LogP contribution in [0.5, 0.6) is 0 Å². The molecule has 0 amide bonds. The number of esters is 1. The van der Waals surface area contributed by atoms with Crippen LogP contribution in [-0.4, -0.2) is 46.7 Å². The number of carbonyl (C=O) groups excluding carboxylic acids is 1. The van der Waals surface area contributed by atoms with Crippen molar-refractivity contribution in [3.05, 3.63) is 71.9 Å². The molecule has 0 radical (unpaired) electrons. The smallest absolute Gasteiger partial charge is 0.331 e. The van der Waals surface area contributed by atoms with Crippen molar-refractivity contribution in [2.45, 2.75) is 84.4 Å². The zero-order valence-corrected chi connectivity index (χ0v) is 20.6. The fourth-order valence-electron chi connectivity index (χ4n) is 4.19. The average molecular weight is 457 g/mol. The molecule has 0 saturated carbocycles. The number of allylic oxidation sites excluding steroid dienone is 7. The molecule has 2 N–H and O–H groups in total. The van der Waals surface area contributed by atoms with Crippen LogP contribution >= 0.6 is 0 Å². The minimum absolute atomic E-state index is 0.0122. The Bertz CT molecular complexity index is 816. The second-order valence-corrected chi connectivity index (χ2v) is 9.28. The van der Waals surface area contributed by atoms with Crippen LogP contribution in [-0.2, 0) is 14.3 Å². The van der Waals surface area contributed by atoms with Crippen LogP contribution in [0.4, 0.5) is 0 Å². The highest BCUT2D eigenvalue weighted by Crippen LogP contribution is 2.28. The van der Waals surface area contributed by atoms with E-state index in [1.165, 1.54) is 11.6 Å². The molecule has 0 aliphatic carbocycles. The van der Waals surface area contributed by atoms with Crippen molar-refractivity contribution in [1.29, 1.82) is 0 Å². The van der Waals surface area contributed by atoms with Crippen LogP contribution in [0.1, 0.15) is 53.9 Å². The highest BCUT2D eigenvalue weighted by molar-refractivity contribution is 5.82. The van der Waals surface area contributed by atoms with E-state index in [0.717, 1.165) is 12.0 Å². The monoisotopic (exact) mass is 456 g/mol. The third-order valence-corrected chi connectivity index (χ3v) is 6.04. The Morgan fingerprint density at radius 1 is 1.30 bits per heavy atom. The van der Waals surface area contributed by atoms with E-state index < -0.39 is 18.3 Å². The van der Waals surface area contributed by atoms with Crippen LogP contribution in [0.15, 0.2) is 71.9 Å². The third-order valence-electron chi connectivity index (χ3n) is 6.04. The van der Waals surface area contributed by atoms with Gasteiger partial charge in [0.15, 0.2) is 0 Å². The highest BCUT2D eigenvalue weighted by atomic mass is 16.5. The van der Waals surface area contributed by atoms with E-state index in [1.807, 2.05) is 63.3 Å². The van der Waals surface area contributed by atoms with Gasteiger partial charge >= 0.3 is 5.97 Å². The molecule has 2 aliphatic rings. The van der Waals surface area contributed by atoms with Gasteiger partial charge in [0.05, 0.1) is 24.4 Å². The summed E-state index contributed by atoms with van der Waals surface area (Å²) in [7, 11) is 0. The van der Waals surface area contributed by atoms with Crippen molar-refractivity contribution in [2.24, 2.45) is 11.8 Å². The first-order valence-electron chi connectivity index (χ1n) is 11.9. The fourth-order valence-corrected chi connectivity index (χ4v) is 4.19. The van der Waals surface area contributed by atoms with Gasteiger partial charge in [0.25, 0.3) is 0 Å². The van der Waals surface area contributed by atoms with Crippen molar-refractivity contribution >= 4 is 5.97 Å². The lowest BCUT2D eigenvalue weighted by Crippen LogP contribution is -2.46. The number of aliphatic hydroxyl groups excluding tert-OH is 2. The topological polar surface area (TPSA) is 76.0 Å². The van der Waals surface area contributed by atoms with Gasteiger partial charge in [0.2, 0.25) is 0 Å².